The number of carbonyl (C=O) groups is 1. The average Bonchev–Trinajstić information content (AvgIpc) is 3.35. The van der Waals surface area contributed by atoms with Gasteiger partial charge in [0.2, 0.25) is 10.0 Å². The lowest BCUT2D eigenvalue weighted by Gasteiger charge is -2.40. The standard InChI is InChI=1S/C20H31N3O3S/c1-16(23(2,3)18-8-4-5-9-18)20(24)21-17-10-12-19(13-11-17)27(25,26)22-14-6-7-15-22/h10-13,16,18H,4-9,14-15H2,1-3H3/p+1/t16-/m0/s1. The minimum absolute atomic E-state index is 0.0259. The summed E-state index contributed by atoms with van der Waals surface area (Å²) in [4.78, 5) is 13.0. The largest absolute Gasteiger partial charge is 0.321 e. The maximum atomic E-state index is 12.8. The first-order chi connectivity index (χ1) is 12.7. The van der Waals surface area contributed by atoms with Crippen molar-refractivity contribution in [3.05, 3.63) is 24.3 Å². The van der Waals surface area contributed by atoms with Crippen LogP contribution in [-0.4, -0.2) is 62.4 Å². The second-order valence-electron chi connectivity index (χ2n) is 8.37. The zero-order valence-corrected chi connectivity index (χ0v) is 17.5. The SMILES string of the molecule is C[C@@H](C(=O)Nc1ccc(S(=O)(=O)N2CCCC2)cc1)[N+](C)(C)C1CCCC1. The van der Waals surface area contributed by atoms with Crippen molar-refractivity contribution < 1.29 is 17.7 Å². The number of anilines is 1. The van der Waals surface area contributed by atoms with Gasteiger partial charge in [0.05, 0.1) is 25.0 Å². The van der Waals surface area contributed by atoms with Gasteiger partial charge in [0.15, 0.2) is 6.04 Å². The predicted octanol–water partition coefficient (Wildman–Crippen LogP) is 2.82. The van der Waals surface area contributed by atoms with Crippen LogP contribution in [0.15, 0.2) is 29.2 Å². The van der Waals surface area contributed by atoms with Crippen molar-refractivity contribution in [2.45, 2.75) is 62.4 Å². The van der Waals surface area contributed by atoms with E-state index in [1.165, 1.54) is 30.0 Å². The van der Waals surface area contributed by atoms with Crippen LogP contribution in [0.3, 0.4) is 0 Å². The maximum absolute atomic E-state index is 12.8. The van der Waals surface area contributed by atoms with Crippen molar-refractivity contribution in [2.24, 2.45) is 0 Å². The van der Waals surface area contributed by atoms with Gasteiger partial charge >= 0.3 is 0 Å². The van der Waals surface area contributed by atoms with Crippen LogP contribution in [0.1, 0.15) is 45.4 Å². The van der Waals surface area contributed by atoms with Gasteiger partial charge in [0, 0.05) is 18.8 Å². The molecule has 6 nitrogen and oxygen atoms in total. The Morgan fingerprint density at radius 3 is 2.19 bits per heavy atom. The highest BCUT2D eigenvalue weighted by atomic mass is 32.2. The number of benzene rings is 1. The van der Waals surface area contributed by atoms with Gasteiger partial charge in [-0.05, 0) is 69.7 Å². The van der Waals surface area contributed by atoms with Crippen molar-refractivity contribution in [1.29, 1.82) is 0 Å². The molecule has 1 saturated carbocycles. The Morgan fingerprint density at radius 2 is 1.63 bits per heavy atom. The molecule has 27 heavy (non-hydrogen) atoms. The minimum Gasteiger partial charge on any atom is -0.321 e. The second kappa shape index (κ2) is 7.89. The van der Waals surface area contributed by atoms with Gasteiger partial charge in [-0.1, -0.05) is 0 Å². The topological polar surface area (TPSA) is 66.5 Å². The highest BCUT2D eigenvalue weighted by molar-refractivity contribution is 7.89. The van der Waals surface area contributed by atoms with Gasteiger partial charge in [0.1, 0.15) is 0 Å². The maximum Gasteiger partial charge on any atom is 0.282 e. The monoisotopic (exact) mass is 394 g/mol. The van der Waals surface area contributed by atoms with Gasteiger partial charge in [0.25, 0.3) is 5.91 Å². The number of nitrogens with one attached hydrogen (secondary N) is 1. The van der Waals surface area contributed by atoms with Crippen LogP contribution < -0.4 is 5.32 Å². The van der Waals surface area contributed by atoms with Gasteiger partial charge in [-0.15, -0.1) is 0 Å². The van der Waals surface area contributed by atoms with E-state index >= 15 is 0 Å². The number of hydrogen-bond acceptors (Lipinski definition) is 3. The second-order valence-corrected chi connectivity index (χ2v) is 10.3. The molecular weight excluding hydrogens is 362 g/mol. The summed E-state index contributed by atoms with van der Waals surface area (Å²) in [7, 11) is 0.845. The van der Waals surface area contributed by atoms with Crippen LogP contribution >= 0.6 is 0 Å². The number of quaternary nitrogens is 1. The summed E-state index contributed by atoms with van der Waals surface area (Å²) >= 11 is 0. The molecule has 0 spiro atoms. The highest BCUT2D eigenvalue weighted by Crippen LogP contribution is 2.29. The van der Waals surface area contributed by atoms with E-state index in [4.69, 9.17) is 0 Å². The third kappa shape index (κ3) is 4.20. The molecule has 150 valence electrons. The quantitative estimate of drug-likeness (QED) is 0.755. The summed E-state index contributed by atoms with van der Waals surface area (Å²) in [5.74, 6) is -0.0259. The first-order valence-electron chi connectivity index (χ1n) is 9.97. The summed E-state index contributed by atoms with van der Waals surface area (Å²) in [5, 5.41) is 2.96. The Hall–Kier alpha value is -1.44. The molecule has 1 aromatic rings. The van der Waals surface area contributed by atoms with Crippen molar-refractivity contribution in [3.8, 4) is 0 Å². The molecular formula is C20H32N3O3S+. The van der Waals surface area contributed by atoms with Crippen molar-refractivity contribution in [2.75, 3.05) is 32.5 Å². The fourth-order valence-electron chi connectivity index (χ4n) is 4.22. The molecule has 2 fully saturated rings. The van der Waals surface area contributed by atoms with Gasteiger partial charge in [-0.25, -0.2) is 8.42 Å². The molecule has 7 heteroatoms. The first-order valence-corrected chi connectivity index (χ1v) is 11.4. The van der Waals surface area contributed by atoms with Crippen LogP contribution in [0, 0.1) is 0 Å². The molecule has 0 unspecified atom stereocenters. The van der Waals surface area contributed by atoms with Crippen LogP contribution in [0.5, 0.6) is 0 Å². The van der Waals surface area contributed by atoms with E-state index in [0.29, 0.717) is 29.3 Å². The fourth-order valence-corrected chi connectivity index (χ4v) is 5.74. The summed E-state index contributed by atoms with van der Waals surface area (Å²) < 4.78 is 27.4. The molecule has 1 heterocycles. The Bertz CT molecular complexity index is 762. The predicted molar refractivity (Wildman–Crippen MR) is 107 cm³/mol. The van der Waals surface area contributed by atoms with E-state index in [9.17, 15) is 13.2 Å². The Kier molecular flexibility index (Phi) is 5.93. The molecule has 1 amide bonds. The number of amides is 1. The lowest BCUT2D eigenvalue weighted by Crippen LogP contribution is -2.57. The summed E-state index contributed by atoms with van der Waals surface area (Å²) in [6.45, 7) is 3.15. The Morgan fingerprint density at radius 1 is 1.07 bits per heavy atom. The zero-order valence-electron chi connectivity index (χ0n) is 16.6. The summed E-state index contributed by atoms with van der Waals surface area (Å²) in [5.41, 5.74) is 0.638. The Labute approximate surface area is 163 Å². The normalized spacial score (nSPS) is 20.7. The molecule has 2 aliphatic rings. The molecule has 1 saturated heterocycles. The number of rotatable bonds is 6. The van der Waals surface area contributed by atoms with E-state index in [1.54, 1.807) is 24.3 Å². The van der Waals surface area contributed by atoms with Crippen LogP contribution in [0.4, 0.5) is 5.69 Å². The van der Waals surface area contributed by atoms with E-state index < -0.39 is 10.0 Å². The minimum atomic E-state index is -3.42. The van der Waals surface area contributed by atoms with Crippen molar-refractivity contribution in [1.82, 2.24) is 4.31 Å². The molecule has 0 bridgehead atoms. The fraction of sp³-hybridized carbons (Fsp3) is 0.650. The molecule has 1 atom stereocenters. The third-order valence-corrected chi connectivity index (χ3v) is 8.38. The lowest BCUT2D eigenvalue weighted by atomic mass is 10.1. The lowest BCUT2D eigenvalue weighted by molar-refractivity contribution is -0.927. The van der Waals surface area contributed by atoms with Gasteiger partial charge < -0.3 is 9.80 Å². The van der Waals surface area contributed by atoms with E-state index in [0.717, 1.165) is 12.8 Å². The van der Waals surface area contributed by atoms with E-state index in [2.05, 4.69) is 19.4 Å². The molecule has 1 aliphatic heterocycles. The summed E-state index contributed by atoms with van der Waals surface area (Å²) in [6, 6.07) is 6.90. The molecule has 3 rings (SSSR count). The highest BCUT2D eigenvalue weighted by Gasteiger charge is 2.39. The molecule has 0 radical (unpaired) electrons. The van der Waals surface area contributed by atoms with E-state index in [-0.39, 0.29) is 16.8 Å². The third-order valence-electron chi connectivity index (χ3n) is 6.47. The van der Waals surface area contributed by atoms with Crippen molar-refractivity contribution in [3.63, 3.8) is 0 Å². The van der Waals surface area contributed by atoms with Gasteiger partial charge in [-0.2, -0.15) is 4.31 Å². The zero-order chi connectivity index (χ0) is 19.7. The molecule has 1 N–H and O–H groups in total. The number of hydrogen-bond donors (Lipinski definition) is 1. The first kappa shape index (κ1) is 20.3. The van der Waals surface area contributed by atoms with Gasteiger partial charge in [-0.3, -0.25) is 4.79 Å². The Balaban J connectivity index is 1.66. The molecule has 0 aromatic heterocycles. The van der Waals surface area contributed by atoms with Crippen LogP contribution in [-0.2, 0) is 14.8 Å². The number of nitrogens with zero attached hydrogens (tertiary/aromatic N) is 2. The number of likely N-dealkylation sites (N-methyl/N-ethyl adjacent to an activating group) is 1. The van der Waals surface area contributed by atoms with Crippen LogP contribution in [0.25, 0.3) is 0 Å². The molecule has 1 aliphatic carbocycles. The molecule has 1 aromatic carbocycles. The number of carbonyl (C=O) groups excluding carboxylic acids is 1. The number of sulfonamides is 1. The van der Waals surface area contributed by atoms with Crippen molar-refractivity contribution >= 4 is 21.6 Å². The van der Waals surface area contributed by atoms with E-state index in [1.807, 2.05) is 6.92 Å². The smallest absolute Gasteiger partial charge is 0.282 e. The van der Waals surface area contributed by atoms with Crippen LogP contribution in [0.2, 0.25) is 0 Å². The average molecular weight is 395 g/mol. The summed E-state index contributed by atoms with van der Waals surface area (Å²) in [6.07, 6.45) is 6.67.